The average molecular weight is 337 g/mol. The van der Waals surface area contributed by atoms with Crippen molar-refractivity contribution in [3.05, 3.63) is 65.9 Å². The first-order valence-corrected chi connectivity index (χ1v) is 8.71. The summed E-state index contributed by atoms with van der Waals surface area (Å²) >= 11 is 1.39. The number of imidazole rings is 1. The highest BCUT2D eigenvalue weighted by Crippen LogP contribution is 2.22. The maximum Gasteiger partial charge on any atom is 0.234 e. The van der Waals surface area contributed by atoms with E-state index in [1.165, 1.54) is 17.3 Å². The minimum atomic E-state index is -0.0358. The van der Waals surface area contributed by atoms with E-state index in [1.54, 1.807) is 6.20 Å². The number of aromatic amines is 1. The molecule has 3 aromatic rings. The molecule has 0 spiro atoms. The monoisotopic (exact) mass is 337 g/mol. The van der Waals surface area contributed by atoms with Crippen LogP contribution in [0.15, 0.2) is 59.9 Å². The number of amides is 1. The third-order valence-corrected chi connectivity index (χ3v) is 4.74. The molecule has 5 heteroatoms. The van der Waals surface area contributed by atoms with Crippen LogP contribution in [-0.2, 0) is 4.79 Å². The van der Waals surface area contributed by atoms with Crippen LogP contribution >= 0.6 is 11.8 Å². The molecular weight excluding hydrogens is 318 g/mol. The first kappa shape index (κ1) is 16.3. The highest BCUT2D eigenvalue weighted by atomic mass is 32.2. The topological polar surface area (TPSA) is 57.8 Å². The Morgan fingerprint density at radius 1 is 1.12 bits per heavy atom. The summed E-state index contributed by atoms with van der Waals surface area (Å²) in [4.78, 5) is 19.7. The van der Waals surface area contributed by atoms with E-state index in [4.69, 9.17) is 0 Å². The zero-order valence-corrected chi connectivity index (χ0v) is 14.5. The predicted molar refractivity (Wildman–Crippen MR) is 99.3 cm³/mol. The second-order valence-corrected chi connectivity index (χ2v) is 6.52. The fraction of sp³-hybridized carbons (Fsp3) is 0.158. The highest BCUT2D eigenvalue weighted by molar-refractivity contribution is 7.99. The number of thioether (sulfide) groups is 1. The number of aryl methyl sites for hydroxylation is 1. The molecule has 0 fully saturated rings. The Morgan fingerprint density at radius 3 is 2.71 bits per heavy atom. The summed E-state index contributed by atoms with van der Waals surface area (Å²) in [5.74, 6) is 0.279. The molecule has 0 unspecified atom stereocenters. The van der Waals surface area contributed by atoms with Crippen molar-refractivity contribution >= 4 is 23.4 Å². The van der Waals surface area contributed by atoms with Gasteiger partial charge in [-0.1, -0.05) is 54.2 Å². The van der Waals surface area contributed by atoms with Crippen molar-refractivity contribution in [2.24, 2.45) is 0 Å². The van der Waals surface area contributed by atoms with E-state index in [9.17, 15) is 4.79 Å². The summed E-state index contributed by atoms with van der Waals surface area (Å²) in [6, 6.07) is 15.9. The molecule has 3 rings (SSSR count). The lowest BCUT2D eigenvalue weighted by molar-refractivity contribution is -0.113. The third-order valence-electron chi connectivity index (χ3n) is 3.86. The van der Waals surface area contributed by atoms with Gasteiger partial charge in [-0.15, -0.1) is 0 Å². The van der Waals surface area contributed by atoms with Gasteiger partial charge in [0.1, 0.15) is 0 Å². The molecule has 0 bridgehead atoms. The van der Waals surface area contributed by atoms with Gasteiger partial charge in [0.2, 0.25) is 5.91 Å². The van der Waals surface area contributed by atoms with Crippen LogP contribution in [-0.4, -0.2) is 21.6 Å². The van der Waals surface area contributed by atoms with Gasteiger partial charge in [0, 0.05) is 5.69 Å². The first-order valence-electron chi connectivity index (χ1n) is 7.73. The van der Waals surface area contributed by atoms with E-state index in [2.05, 4.69) is 15.3 Å². The van der Waals surface area contributed by atoms with Gasteiger partial charge in [-0.2, -0.15) is 0 Å². The normalized spacial score (nSPS) is 10.6. The van der Waals surface area contributed by atoms with Crippen LogP contribution in [0.1, 0.15) is 11.1 Å². The van der Waals surface area contributed by atoms with Gasteiger partial charge in [-0.05, 0) is 36.6 Å². The highest BCUT2D eigenvalue weighted by Gasteiger charge is 2.09. The predicted octanol–water partition coefficient (Wildman–Crippen LogP) is 4.42. The second-order valence-electron chi connectivity index (χ2n) is 5.55. The summed E-state index contributed by atoms with van der Waals surface area (Å²) in [6.07, 6.45) is 1.79. The summed E-state index contributed by atoms with van der Waals surface area (Å²) in [7, 11) is 0. The largest absolute Gasteiger partial charge is 0.333 e. The number of aromatic nitrogens is 2. The Balaban J connectivity index is 1.59. The molecule has 0 saturated carbocycles. The van der Waals surface area contributed by atoms with Gasteiger partial charge < -0.3 is 10.3 Å². The molecule has 0 aliphatic rings. The van der Waals surface area contributed by atoms with Crippen LogP contribution in [0.5, 0.6) is 0 Å². The number of carbonyl (C=O) groups excluding carboxylic acids is 1. The fourth-order valence-electron chi connectivity index (χ4n) is 2.35. The van der Waals surface area contributed by atoms with E-state index in [0.717, 1.165) is 27.7 Å². The lowest BCUT2D eigenvalue weighted by Gasteiger charge is -2.09. The van der Waals surface area contributed by atoms with Crippen LogP contribution in [0.3, 0.4) is 0 Å². The smallest absolute Gasteiger partial charge is 0.234 e. The van der Waals surface area contributed by atoms with Gasteiger partial charge in [-0.3, -0.25) is 4.79 Å². The number of hydrogen-bond donors (Lipinski definition) is 2. The van der Waals surface area contributed by atoms with Crippen LogP contribution in [0, 0.1) is 13.8 Å². The van der Waals surface area contributed by atoms with E-state index in [0.29, 0.717) is 5.75 Å². The molecule has 1 amide bonds. The number of rotatable bonds is 5. The Morgan fingerprint density at radius 2 is 1.92 bits per heavy atom. The summed E-state index contributed by atoms with van der Waals surface area (Å²) in [5, 5.41) is 3.70. The molecular formula is C19H19N3OS. The Labute approximate surface area is 145 Å². The van der Waals surface area contributed by atoms with E-state index < -0.39 is 0 Å². The standard InChI is InChI=1S/C19H19N3OS/c1-13-7-6-10-16(14(13)2)21-18(23)12-24-19-20-11-17(22-19)15-8-4-3-5-9-15/h3-11H,12H2,1-2H3,(H,20,22)(H,21,23). The number of H-pyrrole nitrogens is 1. The number of carbonyl (C=O) groups is 1. The van der Waals surface area contributed by atoms with Crippen molar-refractivity contribution in [3.63, 3.8) is 0 Å². The maximum absolute atomic E-state index is 12.2. The van der Waals surface area contributed by atoms with E-state index in [1.807, 2.05) is 62.4 Å². The molecule has 0 atom stereocenters. The molecule has 24 heavy (non-hydrogen) atoms. The van der Waals surface area contributed by atoms with Crippen molar-refractivity contribution in [2.45, 2.75) is 19.0 Å². The minimum absolute atomic E-state index is 0.0358. The Bertz CT molecular complexity index is 843. The van der Waals surface area contributed by atoms with Crippen LogP contribution in [0.2, 0.25) is 0 Å². The van der Waals surface area contributed by atoms with Crippen molar-refractivity contribution in [1.29, 1.82) is 0 Å². The van der Waals surface area contributed by atoms with Crippen molar-refractivity contribution in [3.8, 4) is 11.3 Å². The Hall–Kier alpha value is -2.53. The van der Waals surface area contributed by atoms with Crippen molar-refractivity contribution in [2.75, 3.05) is 11.1 Å². The molecule has 0 aliphatic carbocycles. The SMILES string of the molecule is Cc1cccc(NC(=O)CSc2ncc(-c3ccccc3)[nH]2)c1C. The number of nitrogens with zero attached hydrogens (tertiary/aromatic N) is 1. The minimum Gasteiger partial charge on any atom is -0.333 e. The lowest BCUT2D eigenvalue weighted by Crippen LogP contribution is -2.15. The van der Waals surface area contributed by atoms with Gasteiger partial charge in [-0.25, -0.2) is 4.98 Å². The summed E-state index contributed by atoms with van der Waals surface area (Å²) in [5.41, 5.74) is 5.16. The number of nitrogens with one attached hydrogen (secondary N) is 2. The lowest BCUT2D eigenvalue weighted by atomic mass is 10.1. The van der Waals surface area contributed by atoms with E-state index >= 15 is 0 Å². The molecule has 0 radical (unpaired) electrons. The zero-order valence-electron chi connectivity index (χ0n) is 13.7. The van der Waals surface area contributed by atoms with Crippen molar-refractivity contribution < 1.29 is 4.79 Å². The fourth-order valence-corrected chi connectivity index (χ4v) is 3.00. The first-order chi connectivity index (χ1) is 11.6. The maximum atomic E-state index is 12.2. The molecule has 0 saturated heterocycles. The van der Waals surface area contributed by atoms with Gasteiger partial charge in [0.15, 0.2) is 5.16 Å². The number of hydrogen-bond acceptors (Lipinski definition) is 3. The summed E-state index contributed by atoms with van der Waals surface area (Å²) in [6.45, 7) is 4.05. The van der Waals surface area contributed by atoms with Crippen LogP contribution in [0.4, 0.5) is 5.69 Å². The number of anilines is 1. The quantitative estimate of drug-likeness (QED) is 0.677. The summed E-state index contributed by atoms with van der Waals surface area (Å²) < 4.78 is 0. The van der Waals surface area contributed by atoms with Crippen LogP contribution < -0.4 is 5.32 Å². The van der Waals surface area contributed by atoms with E-state index in [-0.39, 0.29) is 5.91 Å². The zero-order chi connectivity index (χ0) is 16.9. The average Bonchev–Trinajstić information content (AvgIpc) is 3.07. The second kappa shape index (κ2) is 7.36. The molecule has 1 aromatic heterocycles. The Kier molecular flexibility index (Phi) is 5.01. The molecule has 2 aromatic carbocycles. The van der Waals surface area contributed by atoms with Gasteiger partial charge >= 0.3 is 0 Å². The number of benzene rings is 2. The third kappa shape index (κ3) is 3.86. The van der Waals surface area contributed by atoms with Crippen molar-refractivity contribution in [1.82, 2.24) is 9.97 Å². The molecule has 2 N–H and O–H groups in total. The molecule has 1 heterocycles. The van der Waals surface area contributed by atoms with Gasteiger partial charge in [0.25, 0.3) is 0 Å². The molecule has 122 valence electrons. The molecule has 4 nitrogen and oxygen atoms in total. The van der Waals surface area contributed by atoms with Gasteiger partial charge in [0.05, 0.1) is 17.6 Å². The molecule has 0 aliphatic heterocycles. The van der Waals surface area contributed by atoms with Crippen LogP contribution in [0.25, 0.3) is 11.3 Å².